The lowest BCUT2D eigenvalue weighted by Gasteiger charge is -2.01. The van der Waals surface area contributed by atoms with Crippen LogP contribution in [0.5, 0.6) is 0 Å². The summed E-state index contributed by atoms with van der Waals surface area (Å²) in [5, 5.41) is 3.92. The number of benzene rings is 1. The van der Waals surface area contributed by atoms with Crippen molar-refractivity contribution in [2.24, 2.45) is 0 Å². The zero-order valence-corrected chi connectivity index (χ0v) is 9.91. The first-order valence-electron chi connectivity index (χ1n) is 5.14. The predicted molar refractivity (Wildman–Crippen MR) is 62.7 cm³/mol. The summed E-state index contributed by atoms with van der Waals surface area (Å²) in [6.07, 6.45) is 3.01. The second-order valence-electron chi connectivity index (χ2n) is 3.52. The van der Waals surface area contributed by atoms with Gasteiger partial charge < -0.3 is 0 Å². The number of carbonyl (C=O) groups is 1. The van der Waals surface area contributed by atoms with Gasteiger partial charge in [-0.1, -0.05) is 17.7 Å². The molecule has 5 heteroatoms. The second-order valence-corrected chi connectivity index (χ2v) is 3.92. The summed E-state index contributed by atoms with van der Waals surface area (Å²) in [5.74, 6) is -1.10. The van der Waals surface area contributed by atoms with E-state index in [-0.39, 0.29) is 10.6 Å². The van der Waals surface area contributed by atoms with Gasteiger partial charge in [0.2, 0.25) is 0 Å². The predicted octanol–water partition coefficient (Wildman–Crippen LogP) is 2.93. The maximum absolute atomic E-state index is 13.6. The maximum Gasteiger partial charge on any atom is 0.199 e. The average Bonchev–Trinajstić information content (AvgIpc) is 2.80. The Morgan fingerprint density at radius 3 is 2.94 bits per heavy atom. The van der Waals surface area contributed by atoms with E-state index in [0.717, 1.165) is 0 Å². The Kier molecular flexibility index (Phi) is 3.24. The van der Waals surface area contributed by atoms with Crippen LogP contribution in [0.3, 0.4) is 0 Å². The molecule has 88 valence electrons. The summed E-state index contributed by atoms with van der Waals surface area (Å²) >= 11 is 5.63. The number of rotatable bonds is 3. The summed E-state index contributed by atoms with van der Waals surface area (Å²) in [7, 11) is 0. The zero-order chi connectivity index (χ0) is 12.4. The lowest BCUT2D eigenvalue weighted by molar-refractivity contribution is 0.103. The SMILES string of the molecule is CCn1cc(C(=O)c2cccc(Cl)c2F)cn1. The topological polar surface area (TPSA) is 34.9 Å². The molecule has 1 aromatic heterocycles. The largest absolute Gasteiger partial charge is 0.288 e. The van der Waals surface area contributed by atoms with Crippen molar-refractivity contribution in [2.75, 3.05) is 0 Å². The zero-order valence-electron chi connectivity index (χ0n) is 9.15. The number of aryl methyl sites for hydroxylation is 1. The number of carbonyl (C=O) groups excluding carboxylic acids is 1. The molecule has 0 bridgehead atoms. The third-order valence-electron chi connectivity index (χ3n) is 2.42. The van der Waals surface area contributed by atoms with Gasteiger partial charge in [0.25, 0.3) is 0 Å². The summed E-state index contributed by atoms with van der Waals surface area (Å²) in [4.78, 5) is 12.0. The van der Waals surface area contributed by atoms with Gasteiger partial charge in [-0.25, -0.2) is 4.39 Å². The average molecular weight is 253 g/mol. The minimum Gasteiger partial charge on any atom is -0.288 e. The first kappa shape index (κ1) is 11.8. The van der Waals surface area contributed by atoms with Gasteiger partial charge in [0.1, 0.15) is 0 Å². The molecule has 0 saturated heterocycles. The van der Waals surface area contributed by atoms with Gasteiger partial charge in [-0.2, -0.15) is 5.10 Å². The van der Waals surface area contributed by atoms with Crippen LogP contribution in [0.4, 0.5) is 4.39 Å². The molecule has 0 aliphatic carbocycles. The number of halogens is 2. The molecule has 0 aliphatic rings. The molecule has 1 heterocycles. The molecule has 2 rings (SSSR count). The van der Waals surface area contributed by atoms with E-state index in [1.54, 1.807) is 16.9 Å². The van der Waals surface area contributed by atoms with Gasteiger partial charge in [0, 0.05) is 12.7 Å². The fourth-order valence-corrected chi connectivity index (χ4v) is 1.66. The fourth-order valence-electron chi connectivity index (χ4n) is 1.49. The highest BCUT2D eigenvalue weighted by molar-refractivity contribution is 6.31. The van der Waals surface area contributed by atoms with E-state index in [9.17, 15) is 9.18 Å². The molecule has 3 nitrogen and oxygen atoms in total. The van der Waals surface area contributed by atoms with Gasteiger partial charge in [-0.15, -0.1) is 0 Å². The van der Waals surface area contributed by atoms with Crippen LogP contribution >= 0.6 is 11.6 Å². The van der Waals surface area contributed by atoms with Crippen molar-refractivity contribution in [3.05, 3.63) is 52.6 Å². The molecule has 0 aliphatic heterocycles. The van der Waals surface area contributed by atoms with Crippen molar-refractivity contribution in [3.63, 3.8) is 0 Å². The molecule has 0 N–H and O–H groups in total. The Balaban J connectivity index is 2.40. The van der Waals surface area contributed by atoms with Gasteiger partial charge in [0.15, 0.2) is 11.6 Å². The van der Waals surface area contributed by atoms with E-state index < -0.39 is 11.6 Å². The lowest BCUT2D eigenvalue weighted by atomic mass is 10.1. The number of nitrogens with zero attached hydrogens (tertiary/aromatic N) is 2. The minimum atomic E-state index is -0.691. The standard InChI is InChI=1S/C12H10ClFN2O/c1-2-16-7-8(6-15-16)12(17)9-4-3-5-10(13)11(9)14/h3-7H,2H2,1H3. The third kappa shape index (κ3) is 2.22. The molecular weight excluding hydrogens is 243 g/mol. The van der Waals surface area contributed by atoms with Crippen molar-refractivity contribution in [2.45, 2.75) is 13.5 Å². The summed E-state index contributed by atoms with van der Waals surface area (Å²) in [6, 6.07) is 4.36. The number of hydrogen-bond acceptors (Lipinski definition) is 2. The van der Waals surface area contributed by atoms with Gasteiger partial charge in [-0.3, -0.25) is 9.48 Å². The Hall–Kier alpha value is -1.68. The minimum absolute atomic E-state index is 0.0341. The van der Waals surface area contributed by atoms with Crippen LogP contribution in [0, 0.1) is 5.82 Å². The van der Waals surface area contributed by atoms with Crippen molar-refractivity contribution in [3.8, 4) is 0 Å². The molecule has 0 saturated carbocycles. The van der Waals surface area contributed by atoms with Crippen molar-refractivity contribution in [1.29, 1.82) is 0 Å². The molecule has 0 fully saturated rings. The monoisotopic (exact) mass is 252 g/mol. The summed E-state index contributed by atoms with van der Waals surface area (Å²) in [5.41, 5.74) is 0.321. The Morgan fingerprint density at radius 2 is 2.29 bits per heavy atom. The van der Waals surface area contributed by atoms with Crippen LogP contribution in [0.1, 0.15) is 22.8 Å². The van der Waals surface area contributed by atoms with Crippen molar-refractivity contribution < 1.29 is 9.18 Å². The highest BCUT2D eigenvalue weighted by Crippen LogP contribution is 2.20. The van der Waals surface area contributed by atoms with Crippen LogP contribution in [0.15, 0.2) is 30.6 Å². The van der Waals surface area contributed by atoms with Gasteiger partial charge in [-0.05, 0) is 19.1 Å². The van der Waals surface area contributed by atoms with Crippen LogP contribution in [0.25, 0.3) is 0 Å². The van der Waals surface area contributed by atoms with Gasteiger partial charge >= 0.3 is 0 Å². The van der Waals surface area contributed by atoms with E-state index in [0.29, 0.717) is 12.1 Å². The number of ketones is 1. The quantitative estimate of drug-likeness (QED) is 0.788. The van der Waals surface area contributed by atoms with Gasteiger partial charge in [0.05, 0.1) is 22.3 Å². The second kappa shape index (κ2) is 4.67. The fraction of sp³-hybridized carbons (Fsp3) is 0.167. The Morgan fingerprint density at radius 1 is 1.53 bits per heavy atom. The van der Waals surface area contributed by atoms with E-state index in [1.165, 1.54) is 18.3 Å². The van der Waals surface area contributed by atoms with E-state index in [4.69, 9.17) is 11.6 Å². The molecule has 17 heavy (non-hydrogen) atoms. The van der Waals surface area contributed by atoms with Crippen LogP contribution in [0.2, 0.25) is 5.02 Å². The third-order valence-corrected chi connectivity index (χ3v) is 2.71. The normalized spacial score (nSPS) is 10.5. The molecule has 0 atom stereocenters. The first-order chi connectivity index (χ1) is 8.13. The molecule has 0 radical (unpaired) electrons. The maximum atomic E-state index is 13.6. The van der Waals surface area contributed by atoms with E-state index >= 15 is 0 Å². The summed E-state index contributed by atoms with van der Waals surface area (Å²) < 4.78 is 15.3. The van der Waals surface area contributed by atoms with Crippen LogP contribution < -0.4 is 0 Å². The highest BCUT2D eigenvalue weighted by Gasteiger charge is 2.17. The molecule has 0 spiro atoms. The van der Waals surface area contributed by atoms with Crippen molar-refractivity contribution >= 4 is 17.4 Å². The molecule has 0 amide bonds. The molecule has 0 unspecified atom stereocenters. The number of hydrogen-bond donors (Lipinski definition) is 0. The molecule has 1 aromatic carbocycles. The van der Waals surface area contributed by atoms with Crippen LogP contribution in [-0.4, -0.2) is 15.6 Å². The van der Waals surface area contributed by atoms with E-state index in [2.05, 4.69) is 5.10 Å². The number of aromatic nitrogens is 2. The molecule has 2 aromatic rings. The highest BCUT2D eigenvalue weighted by atomic mass is 35.5. The lowest BCUT2D eigenvalue weighted by Crippen LogP contribution is -2.03. The Labute approximate surface area is 103 Å². The van der Waals surface area contributed by atoms with Crippen LogP contribution in [-0.2, 0) is 6.54 Å². The first-order valence-corrected chi connectivity index (χ1v) is 5.52. The summed E-state index contributed by atoms with van der Waals surface area (Å²) in [6.45, 7) is 2.56. The van der Waals surface area contributed by atoms with E-state index in [1.807, 2.05) is 6.92 Å². The Bertz CT molecular complexity index is 565. The smallest absolute Gasteiger partial charge is 0.199 e. The molecular formula is C12H10ClFN2O. The van der Waals surface area contributed by atoms with Crippen molar-refractivity contribution in [1.82, 2.24) is 9.78 Å².